The quantitative estimate of drug-likeness (QED) is 0.540. The van der Waals surface area contributed by atoms with E-state index in [-0.39, 0.29) is 12.1 Å². The Kier molecular flexibility index (Phi) is 8.16. The molecule has 0 fully saturated rings. The van der Waals surface area contributed by atoms with Gasteiger partial charge in [-0.1, -0.05) is 64.4 Å². The lowest BCUT2D eigenvalue weighted by Gasteiger charge is -2.29. The molecule has 1 N–H and O–H groups in total. The Hall–Kier alpha value is -1.82. The van der Waals surface area contributed by atoms with Gasteiger partial charge in [0.15, 0.2) is 0 Å². The van der Waals surface area contributed by atoms with Crippen LogP contribution in [0, 0.1) is 11.6 Å². The number of aromatic nitrogens is 3. The van der Waals surface area contributed by atoms with Crippen molar-refractivity contribution in [2.75, 3.05) is 0 Å². The van der Waals surface area contributed by atoms with Crippen molar-refractivity contribution in [3.8, 4) is 0 Å². The summed E-state index contributed by atoms with van der Waals surface area (Å²) in [4.78, 5) is 3.87. The number of hydrogen-bond donors (Lipinski definition) is 1. The van der Waals surface area contributed by atoms with Crippen molar-refractivity contribution in [1.29, 1.82) is 0 Å². The summed E-state index contributed by atoms with van der Waals surface area (Å²) in [6.07, 6.45) is 12.3. The molecule has 0 spiro atoms. The summed E-state index contributed by atoms with van der Waals surface area (Å²) in [6.45, 7) is 2.29. The van der Waals surface area contributed by atoms with E-state index in [0.717, 1.165) is 25.3 Å². The van der Waals surface area contributed by atoms with Crippen LogP contribution < -0.4 is 0 Å². The number of halogens is 2. The van der Waals surface area contributed by atoms with Gasteiger partial charge in [0.05, 0.1) is 6.54 Å². The van der Waals surface area contributed by atoms with E-state index >= 15 is 0 Å². The molecular weight excluding hydrogens is 336 g/mol. The molecule has 144 valence electrons. The molecule has 0 saturated heterocycles. The van der Waals surface area contributed by atoms with Crippen LogP contribution in [0.1, 0.15) is 70.3 Å². The van der Waals surface area contributed by atoms with Crippen LogP contribution in [-0.4, -0.2) is 19.9 Å². The Morgan fingerprint density at radius 2 is 1.73 bits per heavy atom. The Bertz CT molecular complexity index is 649. The van der Waals surface area contributed by atoms with Crippen molar-refractivity contribution in [3.63, 3.8) is 0 Å². The van der Waals surface area contributed by atoms with Crippen LogP contribution >= 0.6 is 0 Å². The van der Waals surface area contributed by atoms with Gasteiger partial charge in [0, 0.05) is 11.6 Å². The Morgan fingerprint density at radius 3 is 2.35 bits per heavy atom. The maximum Gasteiger partial charge on any atom is 0.137 e. The largest absolute Gasteiger partial charge is 0.383 e. The van der Waals surface area contributed by atoms with E-state index in [0.29, 0.717) is 6.42 Å². The second kappa shape index (κ2) is 10.4. The Labute approximate surface area is 154 Å². The highest BCUT2D eigenvalue weighted by Gasteiger charge is 2.32. The number of unbranched alkanes of at least 4 members (excludes halogenated alkanes) is 7. The fraction of sp³-hybridized carbons (Fsp3) is 0.600. The average Bonchev–Trinajstić information content (AvgIpc) is 3.09. The lowest BCUT2D eigenvalue weighted by Crippen LogP contribution is -2.33. The summed E-state index contributed by atoms with van der Waals surface area (Å²) in [5, 5.41) is 15.2. The van der Waals surface area contributed by atoms with Gasteiger partial charge in [-0.3, -0.25) is 0 Å². The standard InChI is InChI=1S/C20H29F2N3O/c1-2-3-4-5-6-7-8-9-12-20(26,14-25-16-23-15-24-25)18-11-10-17(21)13-19(18)22/h10-11,13,15-16,26H,2-9,12,14H2,1H3. The monoisotopic (exact) mass is 365 g/mol. The molecular formula is C20H29F2N3O. The van der Waals surface area contributed by atoms with Gasteiger partial charge in [0.25, 0.3) is 0 Å². The van der Waals surface area contributed by atoms with E-state index in [1.54, 1.807) is 0 Å². The normalized spacial score (nSPS) is 13.7. The van der Waals surface area contributed by atoms with E-state index < -0.39 is 17.2 Å². The molecule has 0 radical (unpaired) electrons. The minimum Gasteiger partial charge on any atom is -0.383 e. The number of aliphatic hydroxyl groups is 1. The molecule has 0 aliphatic rings. The molecule has 1 aromatic heterocycles. The van der Waals surface area contributed by atoms with Gasteiger partial charge in [0.2, 0.25) is 0 Å². The van der Waals surface area contributed by atoms with Crippen molar-refractivity contribution in [3.05, 3.63) is 48.1 Å². The molecule has 1 heterocycles. The topological polar surface area (TPSA) is 50.9 Å². The molecule has 1 atom stereocenters. The number of hydrogen-bond acceptors (Lipinski definition) is 3. The van der Waals surface area contributed by atoms with E-state index in [1.165, 1.54) is 61.6 Å². The maximum atomic E-state index is 14.3. The van der Waals surface area contributed by atoms with E-state index in [9.17, 15) is 13.9 Å². The fourth-order valence-corrected chi connectivity index (χ4v) is 3.30. The van der Waals surface area contributed by atoms with Crippen LogP contribution in [0.15, 0.2) is 30.9 Å². The first-order valence-electron chi connectivity index (χ1n) is 9.55. The molecule has 0 saturated carbocycles. The zero-order valence-corrected chi connectivity index (χ0v) is 15.5. The van der Waals surface area contributed by atoms with E-state index in [2.05, 4.69) is 17.0 Å². The van der Waals surface area contributed by atoms with Gasteiger partial charge in [-0.15, -0.1) is 0 Å². The summed E-state index contributed by atoms with van der Waals surface area (Å²) in [5.41, 5.74) is -1.33. The third-order valence-corrected chi connectivity index (χ3v) is 4.77. The van der Waals surface area contributed by atoms with E-state index in [4.69, 9.17) is 0 Å². The predicted molar refractivity (Wildman–Crippen MR) is 97.5 cm³/mol. The lowest BCUT2D eigenvalue weighted by molar-refractivity contribution is 0.000501. The summed E-state index contributed by atoms with van der Waals surface area (Å²) in [5.74, 6) is -1.38. The van der Waals surface area contributed by atoms with Crippen molar-refractivity contribution in [2.45, 2.75) is 76.9 Å². The molecule has 0 aliphatic carbocycles. The fourth-order valence-electron chi connectivity index (χ4n) is 3.30. The van der Waals surface area contributed by atoms with E-state index in [1.807, 2.05) is 0 Å². The predicted octanol–water partition coefficient (Wildman–Crippen LogP) is 4.97. The van der Waals surface area contributed by atoms with Gasteiger partial charge >= 0.3 is 0 Å². The minimum absolute atomic E-state index is 0.0893. The van der Waals surface area contributed by atoms with Gasteiger partial charge in [-0.2, -0.15) is 5.10 Å². The van der Waals surface area contributed by atoms with Crippen LogP contribution in [0.5, 0.6) is 0 Å². The molecule has 4 nitrogen and oxygen atoms in total. The molecule has 1 aromatic carbocycles. The number of benzene rings is 1. The highest BCUT2D eigenvalue weighted by Crippen LogP contribution is 2.32. The molecule has 26 heavy (non-hydrogen) atoms. The van der Waals surface area contributed by atoms with Crippen molar-refractivity contribution in [1.82, 2.24) is 14.8 Å². The summed E-state index contributed by atoms with van der Waals surface area (Å²) in [7, 11) is 0. The molecule has 2 aromatic rings. The lowest BCUT2D eigenvalue weighted by atomic mass is 9.87. The minimum atomic E-state index is -1.44. The van der Waals surface area contributed by atoms with Crippen LogP contribution in [0.4, 0.5) is 8.78 Å². The van der Waals surface area contributed by atoms with Crippen molar-refractivity contribution in [2.24, 2.45) is 0 Å². The second-order valence-corrected chi connectivity index (χ2v) is 6.97. The molecule has 0 amide bonds. The first-order chi connectivity index (χ1) is 12.5. The average molecular weight is 365 g/mol. The molecule has 2 rings (SSSR count). The first-order valence-corrected chi connectivity index (χ1v) is 9.55. The highest BCUT2D eigenvalue weighted by molar-refractivity contribution is 5.25. The summed E-state index contributed by atoms with van der Waals surface area (Å²) in [6, 6.07) is 3.32. The van der Waals surface area contributed by atoms with Crippen molar-refractivity contribution >= 4 is 0 Å². The number of nitrogens with zero attached hydrogens (tertiary/aromatic N) is 3. The van der Waals surface area contributed by atoms with Crippen LogP contribution in [0.2, 0.25) is 0 Å². The third-order valence-electron chi connectivity index (χ3n) is 4.77. The summed E-state index contributed by atoms with van der Waals surface area (Å²) >= 11 is 0. The SMILES string of the molecule is CCCCCCCCCCC(O)(Cn1cncn1)c1ccc(F)cc1F. The molecule has 6 heteroatoms. The molecule has 1 unspecified atom stereocenters. The summed E-state index contributed by atoms with van der Waals surface area (Å²) < 4.78 is 29.0. The Balaban J connectivity index is 1.95. The van der Waals surface area contributed by atoms with Crippen LogP contribution in [0.25, 0.3) is 0 Å². The van der Waals surface area contributed by atoms with Gasteiger partial charge in [0.1, 0.15) is 29.9 Å². The zero-order valence-electron chi connectivity index (χ0n) is 15.5. The zero-order chi connectivity index (χ0) is 18.8. The molecule has 0 bridgehead atoms. The Morgan fingerprint density at radius 1 is 1.04 bits per heavy atom. The smallest absolute Gasteiger partial charge is 0.137 e. The van der Waals surface area contributed by atoms with Crippen molar-refractivity contribution < 1.29 is 13.9 Å². The van der Waals surface area contributed by atoms with Gasteiger partial charge in [-0.25, -0.2) is 18.4 Å². The van der Waals surface area contributed by atoms with Crippen LogP contribution in [0.3, 0.4) is 0 Å². The third kappa shape index (κ3) is 6.16. The maximum absolute atomic E-state index is 14.3. The molecule has 0 aliphatic heterocycles. The van der Waals surface area contributed by atoms with Gasteiger partial charge < -0.3 is 5.11 Å². The van der Waals surface area contributed by atoms with Crippen LogP contribution in [-0.2, 0) is 12.1 Å². The second-order valence-electron chi connectivity index (χ2n) is 6.97. The first kappa shape index (κ1) is 20.5. The number of rotatable bonds is 12. The van der Waals surface area contributed by atoms with Gasteiger partial charge in [-0.05, 0) is 12.5 Å². The highest BCUT2D eigenvalue weighted by atomic mass is 19.1.